The van der Waals surface area contributed by atoms with Gasteiger partial charge in [-0.25, -0.2) is 4.57 Å². The monoisotopic (exact) mass is 219 g/mol. The molecule has 0 saturated carbocycles. The van der Waals surface area contributed by atoms with Gasteiger partial charge in [0.05, 0.1) is 5.69 Å². The lowest BCUT2D eigenvalue weighted by molar-refractivity contribution is -0.670. The van der Waals surface area contributed by atoms with Crippen molar-refractivity contribution in [1.29, 1.82) is 0 Å². The summed E-state index contributed by atoms with van der Waals surface area (Å²) in [4.78, 5) is 7.23. The van der Waals surface area contributed by atoms with Crippen molar-refractivity contribution in [2.45, 2.75) is 0 Å². The highest BCUT2D eigenvalue weighted by Crippen LogP contribution is 2.40. The van der Waals surface area contributed by atoms with Crippen molar-refractivity contribution >= 4 is 17.1 Å². The zero-order chi connectivity index (χ0) is 11.3. The van der Waals surface area contributed by atoms with Crippen molar-refractivity contribution in [2.75, 3.05) is 55.0 Å². The second kappa shape index (κ2) is 3.27. The maximum absolute atomic E-state index is 2.52. The largest absolute Gasteiger partial charge is 0.366 e. The van der Waals surface area contributed by atoms with Gasteiger partial charge in [0.2, 0.25) is 0 Å². The third-order valence-electron chi connectivity index (χ3n) is 3.69. The number of hydrogen-bond donors (Lipinski definition) is 0. The molecule has 0 spiro atoms. The summed E-state index contributed by atoms with van der Waals surface area (Å²) in [5, 5.41) is 0. The molecule has 0 aliphatic carbocycles. The minimum Gasteiger partial charge on any atom is -0.366 e. The predicted molar refractivity (Wildman–Crippen MR) is 66.4 cm³/mol. The fourth-order valence-corrected chi connectivity index (χ4v) is 2.68. The quantitative estimate of drug-likeness (QED) is 0.580. The van der Waals surface area contributed by atoms with Crippen molar-refractivity contribution in [3.05, 3.63) is 12.4 Å². The summed E-state index contributed by atoms with van der Waals surface area (Å²) in [7, 11) is 6.47. The first-order chi connectivity index (χ1) is 7.66. The Morgan fingerprint density at radius 1 is 0.938 bits per heavy atom. The van der Waals surface area contributed by atoms with Gasteiger partial charge in [0, 0.05) is 40.3 Å². The average Bonchev–Trinajstić information content (AvgIpc) is 2.27. The van der Waals surface area contributed by atoms with Gasteiger partial charge in [-0.15, -0.1) is 0 Å². The Kier molecular flexibility index (Phi) is 1.99. The second-order valence-electron chi connectivity index (χ2n) is 4.87. The molecule has 16 heavy (non-hydrogen) atoms. The second-order valence-corrected chi connectivity index (χ2v) is 4.87. The van der Waals surface area contributed by atoms with Gasteiger partial charge < -0.3 is 14.7 Å². The first-order valence-electron chi connectivity index (χ1n) is 5.87. The lowest BCUT2D eigenvalue weighted by atomic mass is 10.1. The fraction of sp³-hybridized carbons (Fsp3) is 0.583. The van der Waals surface area contributed by atoms with Crippen LogP contribution in [0.3, 0.4) is 0 Å². The third kappa shape index (κ3) is 1.25. The van der Waals surface area contributed by atoms with Crippen molar-refractivity contribution in [3.63, 3.8) is 0 Å². The Labute approximate surface area is 96.7 Å². The van der Waals surface area contributed by atoms with Gasteiger partial charge in [-0.05, 0) is 0 Å². The van der Waals surface area contributed by atoms with Crippen molar-refractivity contribution < 1.29 is 4.57 Å². The predicted octanol–water partition coefficient (Wildman–Crippen LogP) is 0.217. The van der Waals surface area contributed by atoms with Gasteiger partial charge in [0.25, 0.3) is 0 Å². The summed E-state index contributed by atoms with van der Waals surface area (Å²) in [6.07, 6.45) is 4.45. The summed E-state index contributed by atoms with van der Waals surface area (Å²) in [6.45, 7) is 4.55. The molecule has 0 unspecified atom stereocenters. The molecule has 4 nitrogen and oxygen atoms in total. The molecule has 0 aromatic carbocycles. The molecule has 4 heteroatoms. The van der Waals surface area contributed by atoms with E-state index in [1.165, 1.54) is 17.1 Å². The van der Waals surface area contributed by atoms with Crippen LogP contribution in [-0.2, 0) is 7.05 Å². The van der Waals surface area contributed by atoms with Crippen LogP contribution in [0.15, 0.2) is 12.4 Å². The van der Waals surface area contributed by atoms with Gasteiger partial charge >= 0.3 is 0 Å². The maximum Gasteiger partial charge on any atom is 0.194 e. The number of likely N-dealkylation sites (N-methyl/N-ethyl adjacent to an activating group) is 2. The number of nitrogens with zero attached hydrogens (tertiary/aromatic N) is 4. The van der Waals surface area contributed by atoms with Gasteiger partial charge in [-0.3, -0.25) is 0 Å². The van der Waals surface area contributed by atoms with Crippen LogP contribution in [-0.4, -0.2) is 40.3 Å². The third-order valence-corrected chi connectivity index (χ3v) is 3.69. The molecule has 86 valence electrons. The highest BCUT2D eigenvalue weighted by Gasteiger charge is 2.31. The SMILES string of the molecule is CN1CCN2CCN(C)c3c[n+](C)cc1c32. The highest BCUT2D eigenvalue weighted by molar-refractivity contribution is 5.85. The molecule has 0 fully saturated rings. The van der Waals surface area contributed by atoms with E-state index in [2.05, 4.69) is 52.8 Å². The number of aromatic nitrogens is 1. The van der Waals surface area contributed by atoms with E-state index < -0.39 is 0 Å². The minimum atomic E-state index is 1.13. The fourth-order valence-electron chi connectivity index (χ4n) is 2.68. The van der Waals surface area contributed by atoms with Gasteiger partial charge in [-0.2, -0.15) is 0 Å². The van der Waals surface area contributed by atoms with E-state index in [9.17, 15) is 0 Å². The molecule has 3 rings (SSSR count). The normalized spacial score (nSPS) is 18.8. The number of anilines is 3. The van der Waals surface area contributed by atoms with Gasteiger partial charge in [0.1, 0.15) is 18.4 Å². The molecule has 1 aromatic heterocycles. The van der Waals surface area contributed by atoms with Crippen LogP contribution in [0.1, 0.15) is 0 Å². The zero-order valence-corrected chi connectivity index (χ0v) is 10.3. The Hall–Kier alpha value is -1.45. The Balaban J connectivity index is 2.23. The molecule has 0 atom stereocenters. The van der Waals surface area contributed by atoms with Crippen LogP contribution in [0.5, 0.6) is 0 Å². The number of pyridine rings is 1. The molecule has 3 heterocycles. The average molecular weight is 219 g/mol. The van der Waals surface area contributed by atoms with Crippen LogP contribution < -0.4 is 19.3 Å². The molecule has 0 amide bonds. The molecule has 0 radical (unpaired) electrons. The van der Waals surface area contributed by atoms with Crippen LogP contribution in [0, 0.1) is 0 Å². The molecular weight excluding hydrogens is 200 g/mol. The molecular formula is C12H19N4+. The van der Waals surface area contributed by atoms with Crippen molar-refractivity contribution in [3.8, 4) is 0 Å². The van der Waals surface area contributed by atoms with Crippen LogP contribution in [0.25, 0.3) is 0 Å². The van der Waals surface area contributed by atoms with E-state index in [4.69, 9.17) is 0 Å². The Morgan fingerprint density at radius 2 is 1.44 bits per heavy atom. The van der Waals surface area contributed by atoms with E-state index in [-0.39, 0.29) is 0 Å². The first kappa shape index (κ1) is 9.75. The number of aryl methyl sites for hydroxylation is 1. The molecule has 2 aliphatic rings. The minimum absolute atomic E-state index is 1.13. The van der Waals surface area contributed by atoms with Crippen molar-refractivity contribution in [1.82, 2.24) is 0 Å². The van der Waals surface area contributed by atoms with Crippen LogP contribution >= 0.6 is 0 Å². The number of hydrogen-bond acceptors (Lipinski definition) is 3. The van der Waals surface area contributed by atoms with E-state index in [0.29, 0.717) is 0 Å². The highest BCUT2D eigenvalue weighted by atomic mass is 15.3. The number of rotatable bonds is 0. The van der Waals surface area contributed by atoms with E-state index >= 15 is 0 Å². The Bertz CT molecular complexity index is 394. The zero-order valence-electron chi connectivity index (χ0n) is 10.3. The molecule has 0 N–H and O–H groups in total. The molecule has 0 bridgehead atoms. The van der Waals surface area contributed by atoms with Gasteiger partial charge in [0.15, 0.2) is 12.4 Å². The summed E-state index contributed by atoms with van der Waals surface area (Å²) >= 11 is 0. The first-order valence-corrected chi connectivity index (χ1v) is 5.87. The topological polar surface area (TPSA) is 13.6 Å². The van der Waals surface area contributed by atoms with Crippen LogP contribution in [0.2, 0.25) is 0 Å². The van der Waals surface area contributed by atoms with Gasteiger partial charge in [-0.1, -0.05) is 0 Å². The van der Waals surface area contributed by atoms with E-state index in [0.717, 1.165) is 26.2 Å². The smallest absolute Gasteiger partial charge is 0.194 e. The van der Waals surface area contributed by atoms with E-state index in [1.807, 2.05) is 0 Å². The summed E-state index contributed by atoms with van der Waals surface area (Å²) in [6, 6.07) is 0. The lowest BCUT2D eigenvalue weighted by Crippen LogP contribution is -2.48. The lowest BCUT2D eigenvalue weighted by Gasteiger charge is -2.42. The van der Waals surface area contributed by atoms with E-state index in [1.54, 1.807) is 0 Å². The van der Waals surface area contributed by atoms with Crippen molar-refractivity contribution in [2.24, 2.45) is 7.05 Å². The molecule has 1 aromatic rings. The summed E-state index contributed by atoms with van der Waals surface area (Å²) in [5.41, 5.74) is 4.14. The molecule has 2 aliphatic heterocycles. The maximum atomic E-state index is 2.52. The standard InChI is InChI=1S/C12H19N4/c1-13-8-10-12-11(9-13)15(3)5-7-16(12)6-4-14(10)2/h8-9H,4-7H2,1-3H3/q+1. The Morgan fingerprint density at radius 3 is 1.94 bits per heavy atom. The molecule has 0 saturated heterocycles. The summed E-state index contributed by atoms with van der Waals surface area (Å²) in [5.74, 6) is 0. The van der Waals surface area contributed by atoms with Crippen LogP contribution in [0.4, 0.5) is 17.1 Å². The summed E-state index contributed by atoms with van der Waals surface area (Å²) < 4.78 is 2.16.